The highest BCUT2D eigenvalue weighted by atomic mass is 16.5. The molecule has 1 aromatic carbocycles. The second-order valence-corrected chi connectivity index (χ2v) is 4.37. The minimum absolute atomic E-state index is 0.169. The summed E-state index contributed by atoms with van der Waals surface area (Å²) in [6.07, 6.45) is 1.93. The molecule has 0 radical (unpaired) electrons. The van der Waals surface area contributed by atoms with Gasteiger partial charge in [-0.1, -0.05) is 17.3 Å². The first kappa shape index (κ1) is 12.4. The van der Waals surface area contributed by atoms with Crippen molar-refractivity contribution in [2.75, 3.05) is 6.61 Å². The number of fused-ring (bicyclic) bond motifs is 1. The normalized spacial score (nSPS) is 10.9. The third-order valence-corrected chi connectivity index (χ3v) is 2.90. The predicted molar refractivity (Wildman–Crippen MR) is 72.2 cm³/mol. The summed E-state index contributed by atoms with van der Waals surface area (Å²) in [6, 6.07) is 7.32. The van der Waals surface area contributed by atoms with Crippen LogP contribution in [0.25, 0.3) is 22.2 Å². The SMILES string of the molecule is CCOC(=O)c1cc(-c2ccc3cn(C)nc3c2)on1. The maximum Gasteiger partial charge on any atom is 0.360 e. The largest absolute Gasteiger partial charge is 0.461 e. The number of aromatic nitrogens is 3. The molecule has 3 aromatic rings. The lowest BCUT2D eigenvalue weighted by atomic mass is 10.1. The molecule has 102 valence electrons. The summed E-state index contributed by atoms with van der Waals surface area (Å²) < 4.78 is 11.8. The molecule has 0 aliphatic carbocycles. The van der Waals surface area contributed by atoms with Crippen LogP contribution >= 0.6 is 0 Å². The molecular weight excluding hydrogens is 258 g/mol. The number of ether oxygens (including phenoxy) is 1. The summed E-state index contributed by atoms with van der Waals surface area (Å²) in [4.78, 5) is 11.5. The number of benzene rings is 1. The van der Waals surface area contributed by atoms with Gasteiger partial charge in [-0.25, -0.2) is 4.79 Å². The topological polar surface area (TPSA) is 70.2 Å². The minimum Gasteiger partial charge on any atom is -0.461 e. The quantitative estimate of drug-likeness (QED) is 0.684. The van der Waals surface area contributed by atoms with Crippen molar-refractivity contribution in [3.8, 4) is 11.3 Å². The number of aryl methyl sites for hydroxylation is 1. The van der Waals surface area contributed by atoms with Crippen LogP contribution in [0.5, 0.6) is 0 Å². The van der Waals surface area contributed by atoms with E-state index in [0.717, 1.165) is 16.5 Å². The molecule has 0 saturated heterocycles. The van der Waals surface area contributed by atoms with Crippen molar-refractivity contribution in [3.63, 3.8) is 0 Å². The summed E-state index contributed by atoms with van der Waals surface area (Å²) >= 11 is 0. The maximum atomic E-state index is 11.5. The lowest BCUT2D eigenvalue weighted by Crippen LogP contribution is -2.04. The highest BCUT2D eigenvalue weighted by Gasteiger charge is 2.15. The van der Waals surface area contributed by atoms with Crippen LogP contribution in [0.2, 0.25) is 0 Å². The van der Waals surface area contributed by atoms with E-state index >= 15 is 0 Å². The van der Waals surface area contributed by atoms with Gasteiger partial charge in [-0.3, -0.25) is 4.68 Å². The zero-order valence-corrected chi connectivity index (χ0v) is 11.2. The number of carbonyl (C=O) groups excluding carboxylic acids is 1. The fourth-order valence-corrected chi connectivity index (χ4v) is 2.01. The number of nitrogens with zero attached hydrogens (tertiary/aromatic N) is 3. The van der Waals surface area contributed by atoms with E-state index in [1.54, 1.807) is 17.7 Å². The highest BCUT2D eigenvalue weighted by Crippen LogP contribution is 2.24. The van der Waals surface area contributed by atoms with E-state index in [-0.39, 0.29) is 5.69 Å². The first-order chi connectivity index (χ1) is 9.67. The van der Waals surface area contributed by atoms with Gasteiger partial charge < -0.3 is 9.26 Å². The molecule has 6 nitrogen and oxygen atoms in total. The van der Waals surface area contributed by atoms with Crippen LogP contribution in [0.4, 0.5) is 0 Å². The Morgan fingerprint density at radius 1 is 1.40 bits per heavy atom. The number of rotatable bonds is 3. The molecule has 0 aliphatic heterocycles. The van der Waals surface area contributed by atoms with Crippen molar-refractivity contribution in [3.05, 3.63) is 36.2 Å². The van der Waals surface area contributed by atoms with Gasteiger partial charge in [0.15, 0.2) is 11.5 Å². The van der Waals surface area contributed by atoms with Crippen LogP contribution in [0, 0.1) is 0 Å². The Hall–Kier alpha value is -2.63. The van der Waals surface area contributed by atoms with Crippen LogP contribution in [-0.2, 0) is 11.8 Å². The molecule has 0 fully saturated rings. The van der Waals surface area contributed by atoms with Gasteiger partial charge in [0, 0.05) is 30.3 Å². The summed E-state index contributed by atoms with van der Waals surface area (Å²) in [7, 11) is 1.87. The van der Waals surface area contributed by atoms with Crippen molar-refractivity contribution in [1.82, 2.24) is 14.9 Å². The number of esters is 1. The molecule has 0 aliphatic rings. The molecule has 6 heteroatoms. The van der Waals surface area contributed by atoms with E-state index in [2.05, 4.69) is 10.3 Å². The first-order valence-electron chi connectivity index (χ1n) is 6.25. The third-order valence-electron chi connectivity index (χ3n) is 2.90. The maximum absolute atomic E-state index is 11.5. The van der Waals surface area contributed by atoms with Crippen LogP contribution in [0.1, 0.15) is 17.4 Å². The monoisotopic (exact) mass is 271 g/mol. The van der Waals surface area contributed by atoms with Crippen molar-refractivity contribution in [1.29, 1.82) is 0 Å². The number of carbonyl (C=O) groups is 1. The van der Waals surface area contributed by atoms with Gasteiger partial charge in [-0.05, 0) is 13.0 Å². The molecule has 20 heavy (non-hydrogen) atoms. The van der Waals surface area contributed by atoms with Gasteiger partial charge in [-0.15, -0.1) is 0 Å². The molecule has 0 atom stereocenters. The average Bonchev–Trinajstić information content (AvgIpc) is 3.02. The Morgan fingerprint density at radius 2 is 2.25 bits per heavy atom. The molecule has 3 rings (SSSR count). The Balaban J connectivity index is 1.96. The van der Waals surface area contributed by atoms with Gasteiger partial charge in [0.2, 0.25) is 0 Å². The molecular formula is C14H13N3O3. The smallest absolute Gasteiger partial charge is 0.360 e. The summed E-state index contributed by atoms with van der Waals surface area (Å²) in [5, 5.41) is 9.10. The fraction of sp³-hybridized carbons (Fsp3) is 0.214. The molecule has 0 N–H and O–H groups in total. The molecule has 0 amide bonds. The van der Waals surface area contributed by atoms with E-state index in [1.807, 2.05) is 31.4 Å². The molecule has 2 aromatic heterocycles. The van der Waals surface area contributed by atoms with E-state index in [1.165, 1.54) is 0 Å². The summed E-state index contributed by atoms with van der Waals surface area (Å²) in [5.74, 6) is 0.0296. The van der Waals surface area contributed by atoms with Gasteiger partial charge >= 0.3 is 5.97 Å². The Labute approximate surface area is 114 Å². The second kappa shape index (κ2) is 4.80. The van der Waals surface area contributed by atoms with Gasteiger partial charge in [0.1, 0.15) is 0 Å². The van der Waals surface area contributed by atoms with Gasteiger partial charge in [-0.2, -0.15) is 5.10 Å². The molecule has 0 spiro atoms. The van der Waals surface area contributed by atoms with Crippen molar-refractivity contribution in [2.45, 2.75) is 6.92 Å². The van der Waals surface area contributed by atoms with Crippen molar-refractivity contribution >= 4 is 16.9 Å². The predicted octanol–water partition coefficient (Wildman–Crippen LogP) is 2.41. The average molecular weight is 271 g/mol. The zero-order valence-electron chi connectivity index (χ0n) is 11.2. The van der Waals surface area contributed by atoms with Gasteiger partial charge in [0.25, 0.3) is 0 Å². The Kier molecular flexibility index (Phi) is 2.98. The van der Waals surface area contributed by atoms with Crippen molar-refractivity contribution < 1.29 is 14.1 Å². The van der Waals surface area contributed by atoms with E-state index in [9.17, 15) is 4.79 Å². The zero-order chi connectivity index (χ0) is 14.1. The Morgan fingerprint density at radius 3 is 3.05 bits per heavy atom. The van der Waals surface area contributed by atoms with Crippen LogP contribution in [-0.4, -0.2) is 27.5 Å². The molecule has 0 bridgehead atoms. The summed E-state index contributed by atoms with van der Waals surface area (Å²) in [5.41, 5.74) is 1.85. The van der Waals surface area contributed by atoms with Crippen LogP contribution in [0.15, 0.2) is 35.0 Å². The highest BCUT2D eigenvalue weighted by molar-refractivity contribution is 5.89. The van der Waals surface area contributed by atoms with E-state index in [4.69, 9.17) is 9.26 Å². The first-order valence-corrected chi connectivity index (χ1v) is 6.25. The molecule has 0 saturated carbocycles. The number of hydrogen-bond donors (Lipinski definition) is 0. The Bertz CT molecular complexity index is 773. The van der Waals surface area contributed by atoms with Crippen LogP contribution in [0.3, 0.4) is 0 Å². The van der Waals surface area contributed by atoms with Gasteiger partial charge in [0.05, 0.1) is 12.1 Å². The molecule has 0 unspecified atom stereocenters. The number of hydrogen-bond acceptors (Lipinski definition) is 5. The summed E-state index contributed by atoms with van der Waals surface area (Å²) in [6.45, 7) is 2.05. The standard InChI is InChI=1S/C14H13N3O3/c1-3-19-14(18)12-7-13(20-16-12)9-4-5-10-8-17(2)15-11(10)6-9/h4-8H,3H2,1-2H3. The van der Waals surface area contributed by atoms with Crippen molar-refractivity contribution in [2.24, 2.45) is 7.05 Å². The fourth-order valence-electron chi connectivity index (χ4n) is 2.01. The second-order valence-electron chi connectivity index (χ2n) is 4.37. The lowest BCUT2D eigenvalue weighted by molar-refractivity contribution is 0.0514. The lowest BCUT2D eigenvalue weighted by Gasteiger charge is -1.95. The minimum atomic E-state index is -0.485. The third kappa shape index (κ3) is 2.16. The molecule has 2 heterocycles. The van der Waals surface area contributed by atoms with Crippen LogP contribution < -0.4 is 0 Å². The van der Waals surface area contributed by atoms with E-state index < -0.39 is 5.97 Å². The van der Waals surface area contributed by atoms with E-state index in [0.29, 0.717) is 12.4 Å².